The van der Waals surface area contributed by atoms with Gasteiger partial charge in [0.2, 0.25) is 0 Å². The number of carbonyl (C=O) groups excluding carboxylic acids is 1. The number of aromatic nitrogens is 1. The summed E-state index contributed by atoms with van der Waals surface area (Å²) >= 11 is -0.937. The average Bonchev–Trinajstić information content (AvgIpc) is 2.87. The van der Waals surface area contributed by atoms with Gasteiger partial charge in [0.1, 0.15) is 0 Å². The molecule has 1 aromatic heterocycles. The van der Waals surface area contributed by atoms with Crippen LogP contribution in [0.5, 0.6) is 0 Å². The third-order valence-corrected chi connectivity index (χ3v) is 4.28. The molecule has 0 fully saturated rings. The van der Waals surface area contributed by atoms with E-state index in [1.54, 1.807) is 18.3 Å². The lowest BCUT2D eigenvalue weighted by molar-refractivity contribution is 0.102. The van der Waals surface area contributed by atoms with Gasteiger partial charge in [-0.2, -0.15) is 0 Å². The van der Waals surface area contributed by atoms with Gasteiger partial charge in [-0.05, 0) is 30.2 Å². The number of nitrogens with zero attached hydrogens (tertiary/aromatic N) is 1. The van der Waals surface area contributed by atoms with Crippen LogP contribution >= 0.6 is 11.3 Å². The maximum absolute atomic E-state index is 12.0. The topological polar surface area (TPSA) is 94.2 Å². The van der Waals surface area contributed by atoms with Gasteiger partial charge < -0.3 is 9.27 Å². The molecule has 2 N–H and O–H groups in total. The molecule has 0 bridgehead atoms. The number of thiazole rings is 1. The summed E-state index contributed by atoms with van der Waals surface area (Å²) in [5.41, 5.74) is 0.828. The van der Waals surface area contributed by atoms with Crippen LogP contribution in [-0.2, 0) is 11.3 Å². The van der Waals surface area contributed by atoms with Crippen molar-refractivity contribution in [3.05, 3.63) is 40.9 Å². The van der Waals surface area contributed by atoms with E-state index in [2.05, 4.69) is 28.9 Å². The highest BCUT2D eigenvalue weighted by molar-refractivity contribution is 7.80. The largest absolute Gasteiger partial charge is 0.755 e. The smallest absolute Gasteiger partial charge is 0.257 e. The average molecular weight is 324 g/mol. The van der Waals surface area contributed by atoms with Crippen molar-refractivity contribution in [2.24, 2.45) is 0 Å². The van der Waals surface area contributed by atoms with Gasteiger partial charge in [0, 0.05) is 33.6 Å². The molecule has 0 saturated heterocycles. The van der Waals surface area contributed by atoms with E-state index < -0.39 is 11.3 Å². The number of benzene rings is 1. The lowest BCUT2D eigenvalue weighted by atomic mass is 10.2. The first-order chi connectivity index (χ1) is 9.95. The van der Waals surface area contributed by atoms with Crippen molar-refractivity contribution in [3.8, 4) is 0 Å². The molecule has 1 amide bonds. The molecule has 0 aliphatic heterocycles. The number of hydrogen-bond donors (Lipinski definition) is 2. The van der Waals surface area contributed by atoms with Crippen LogP contribution < -0.4 is 10.0 Å². The summed E-state index contributed by atoms with van der Waals surface area (Å²) in [6.07, 6.45) is 1.75. The molecule has 1 unspecified atom stereocenters. The monoisotopic (exact) mass is 324 g/mol. The Morgan fingerprint density at radius 1 is 1.33 bits per heavy atom. The number of hydrogen-bond acceptors (Lipinski definition) is 5. The van der Waals surface area contributed by atoms with Gasteiger partial charge in [0.25, 0.3) is 5.91 Å². The number of nitrogens with one attached hydrogen (secondary N) is 2. The summed E-state index contributed by atoms with van der Waals surface area (Å²) < 4.78 is 23.2. The van der Waals surface area contributed by atoms with Crippen molar-refractivity contribution < 1.29 is 13.6 Å². The normalized spacial score (nSPS) is 12.2. The van der Waals surface area contributed by atoms with Crippen LogP contribution in [0.4, 0.5) is 10.8 Å². The fraction of sp³-hybridized carbons (Fsp3) is 0.231. The van der Waals surface area contributed by atoms with E-state index in [1.165, 1.54) is 23.5 Å². The van der Waals surface area contributed by atoms with E-state index >= 15 is 0 Å². The van der Waals surface area contributed by atoms with Gasteiger partial charge in [0.05, 0.1) is 0 Å². The Labute approximate surface area is 129 Å². The van der Waals surface area contributed by atoms with E-state index in [4.69, 9.17) is 0 Å². The van der Waals surface area contributed by atoms with Crippen molar-refractivity contribution in [1.82, 2.24) is 4.98 Å². The Bertz CT molecular complexity index is 653. The van der Waals surface area contributed by atoms with Crippen LogP contribution in [0.1, 0.15) is 35.0 Å². The maximum atomic E-state index is 12.0. The van der Waals surface area contributed by atoms with E-state index in [9.17, 15) is 13.6 Å². The van der Waals surface area contributed by atoms with Crippen molar-refractivity contribution in [2.75, 3.05) is 10.0 Å². The molecule has 2 aromatic rings. The SMILES string of the molecule is CC(C)c1cnc(NC(=O)c2ccc(NS(=O)[O-])cc2)s1. The van der Waals surface area contributed by atoms with Gasteiger partial charge in [0.15, 0.2) is 5.13 Å². The highest BCUT2D eigenvalue weighted by Crippen LogP contribution is 2.25. The second-order valence-electron chi connectivity index (χ2n) is 4.59. The molecule has 1 atom stereocenters. The third-order valence-electron chi connectivity index (χ3n) is 2.66. The highest BCUT2D eigenvalue weighted by atomic mass is 32.2. The first kappa shape index (κ1) is 15.6. The molecule has 0 aliphatic rings. The zero-order valence-corrected chi connectivity index (χ0v) is 13.1. The molecule has 0 spiro atoms. The van der Waals surface area contributed by atoms with Crippen LogP contribution in [0.3, 0.4) is 0 Å². The molecule has 1 heterocycles. The third kappa shape index (κ3) is 4.35. The lowest BCUT2D eigenvalue weighted by Gasteiger charge is -2.08. The van der Waals surface area contributed by atoms with Crippen LogP contribution in [0.2, 0.25) is 0 Å². The molecule has 0 radical (unpaired) electrons. The summed E-state index contributed by atoms with van der Waals surface area (Å²) in [6, 6.07) is 6.13. The van der Waals surface area contributed by atoms with E-state index in [1.807, 2.05) is 0 Å². The van der Waals surface area contributed by atoms with Gasteiger partial charge in [-0.3, -0.25) is 14.3 Å². The molecule has 2 rings (SSSR count). The standard InChI is InChI=1S/C13H15N3O3S2/c1-8(2)11-7-14-13(20-11)15-12(17)9-3-5-10(6-4-9)16-21(18)19/h3-8,16H,1-2H3,(H,18,19)(H,14,15,17)/p-1. The Morgan fingerprint density at radius 3 is 2.52 bits per heavy atom. The predicted molar refractivity (Wildman–Crippen MR) is 83.1 cm³/mol. The second-order valence-corrected chi connectivity index (χ2v) is 6.33. The van der Waals surface area contributed by atoms with Crippen molar-refractivity contribution in [1.29, 1.82) is 0 Å². The summed E-state index contributed by atoms with van der Waals surface area (Å²) in [4.78, 5) is 17.3. The Hall–Kier alpha value is -1.77. The minimum Gasteiger partial charge on any atom is -0.755 e. The summed E-state index contributed by atoms with van der Waals surface area (Å²) in [5, 5.41) is 3.27. The summed E-state index contributed by atoms with van der Waals surface area (Å²) in [6.45, 7) is 4.12. The van der Waals surface area contributed by atoms with Gasteiger partial charge in [-0.1, -0.05) is 13.8 Å². The fourth-order valence-electron chi connectivity index (χ4n) is 1.57. The quantitative estimate of drug-likeness (QED) is 0.827. The molecule has 1 aromatic carbocycles. The van der Waals surface area contributed by atoms with E-state index in [0.717, 1.165) is 4.88 Å². The van der Waals surface area contributed by atoms with E-state index in [-0.39, 0.29) is 5.91 Å². The first-order valence-electron chi connectivity index (χ1n) is 6.19. The molecule has 21 heavy (non-hydrogen) atoms. The number of rotatable bonds is 5. The van der Waals surface area contributed by atoms with Gasteiger partial charge >= 0.3 is 0 Å². The minimum absolute atomic E-state index is 0.283. The summed E-state index contributed by atoms with van der Waals surface area (Å²) in [5.74, 6) is 0.0842. The van der Waals surface area contributed by atoms with E-state index in [0.29, 0.717) is 22.3 Å². The Balaban J connectivity index is 2.04. The van der Waals surface area contributed by atoms with Crippen molar-refractivity contribution >= 4 is 39.3 Å². The van der Waals surface area contributed by atoms with Gasteiger partial charge in [-0.25, -0.2) is 4.98 Å². The fourth-order valence-corrected chi connectivity index (χ4v) is 2.71. The Morgan fingerprint density at radius 2 is 2.00 bits per heavy atom. The predicted octanol–water partition coefficient (Wildman–Crippen LogP) is 2.72. The second kappa shape index (κ2) is 6.79. The molecular formula is C13H14N3O3S2-. The minimum atomic E-state index is -2.38. The molecule has 0 aliphatic carbocycles. The van der Waals surface area contributed by atoms with Crippen LogP contribution in [0, 0.1) is 0 Å². The van der Waals surface area contributed by atoms with Crippen LogP contribution in [0.15, 0.2) is 30.5 Å². The Kier molecular flexibility index (Phi) is 5.05. The summed E-state index contributed by atoms with van der Waals surface area (Å²) in [7, 11) is 0. The highest BCUT2D eigenvalue weighted by Gasteiger charge is 2.10. The number of carbonyl (C=O) groups is 1. The first-order valence-corrected chi connectivity index (χ1v) is 8.08. The molecule has 0 saturated carbocycles. The number of anilines is 2. The molecule has 6 nitrogen and oxygen atoms in total. The maximum Gasteiger partial charge on any atom is 0.257 e. The van der Waals surface area contributed by atoms with Crippen molar-refractivity contribution in [3.63, 3.8) is 0 Å². The van der Waals surface area contributed by atoms with Gasteiger partial charge in [-0.15, -0.1) is 11.3 Å². The molecule has 8 heteroatoms. The zero-order chi connectivity index (χ0) is 15.4. The van der Waals surface area contributed by atoms with Crippen LogP contribution in [-0.4, -0.2) is 19.7 Å². The number of amides is 1. The van der Waals surface area contributed by atoms with Crippen molar-refractivity contribution in [2.45, 2.75) is 19.8 Å². The van der Waals surface area contributed by atoms with Crippen LogP contribution in [0.25, 0.3) is 0 Å². The molecule has 112 valence electrons. The lowest BCUT2D eigenvalue weighted by Crippen LogP contribution is -2.11. The molecular weight excluding hydrogens is 310 g/mol. The zero-order valence-electron chi connectivity index (χ0n) is 11.5.